The summed E-state index contributed by atoms with van der Waals surface area (Å²) >= 11 is 6.21. The Labute approximate surface area is 189 Å². The number of carbonyl (C=O) groups excluding carboxylic acids is 2. The molecule has 2 aromatic carbocycles. The molecule has 0 unspecified atom stereocenters. The second kappa shape index (κ2) is 9.61. The molecule has 0 aliphatic carbocycles. The fourth-order valence-electron chi connectivity index (χ4n) is 3.28. The lowest BCUT2D eigenvalue weighted by atomic mass is 10.1. The number of benzene rings is 2. The van der Waals surface area contributed by atoms with Crippen LogP contribution in [0.4, 0.5) is 11.4 Å². The molecule has 0 aliphatic rings. The van der Waals surface area contributed by atoms with Gasteiger partial charge >= 0.3 is 5.97 Å². The average molecular weight is 457 g/mol. The van der Waals surface area contributed by atoms with Gasteiger partial charge in [0.1, 0.15) is 11.3 Å². The first-order chi connectivity index (χ1) is 15.2. The van der Waals surface area contributed by atoms with Gasteiger partial charge in [0.15, 0.2) is 6.61 Å². The number of aryl methyl sites for hydroxylation is 2. The SMILES string of the molecule is Cc1cccc([N+](=O)[O-])c1NC(=O)COC(=O)c1c(C)nn(Cc2ccccc2Cl)c1C. The summed E-state index contributed by atoms with van der Waals surface area (Å²) in [4.78, 5) is 35.5. The van der Waals surface area contributed by atoms with Crippen LogP contribution in [0.5, 0.6) is 0 Å². The lowest BCUT2D eigenvalue weighted by molar-refractivity contribution is -0.384. The number of nitrogens with zero attached hydrogens (tertiary/aromatic N) is 3. The topological polar surface area (TPSA) is 116 Å². The van der Waals surface area contributed by atoms with Gasteiger partial charge in [-0.25, -0.2) is 4.79 Å². The van der Waals surface area contributed by atoms with Crippen LogP contribution in [0.25, 0.3) is 0 Å². The highest BCUT2D eigenvalue weighted by molar-refractivity contribution is 6.31. The molecule has 166 valence electrons. The number of carbonyl (C=O) groups is 2. The molecule has 1 aromatic heterocycles. The number of amides is 1. The van der Waals surface area contributed by atoms with E-state index in [1.54, 1.807) is 37.6 Å². The highest BCUT2D eigenvalue weighted by Gasteiger charge is 2.23. The summed E-state index contributed by atoms with van der Waals surface area (Å²) in [7, 11) is 0. The van der Waals surface area contributed by atoms with E-state index in [9.17, 15) is 19.7 Å². The van der Waals surface area contributed by atoms with Gasteiger partial charge < -0.3 is 10.1 Å². The third-order valence-electron chi connectivity index (χ3n) is 4.91. The molecule has 0 fully saturated rings. The molecule has 32 heavy (non-hydrogen) atoms. The van der Waals surface area contributed by atoms with Crippen molar-refractivity contribution in [2.45, 2.75) is 27.3 Å². The first kappa shape index (κ1) is 23.0. The Morgan fingerprint density at radius 2 is 1.88 bits per heavy atom. The first-order valence-corrected chi connectivity index (χ1v) is 10.0. The Morgan fingerprint density at radius 1 is 1.16 bits per heavy atom. The molecule has 9 nitrogen and oxygen atoms in total. The maximum absolute atomic E-state index is 12.6. The highest BCUT2D eigenvalue weighted by atomic mass is 35.5. The predicted octanol–water partition coefficient (Wildman–Crippen LogP) is 4.21. The van der Waals surface area contributed by atoms with Crippen molar-refractivity contribution in [1.29, 1.82) is 0 Å². The van der Waals surface area contributed by atoms with E-state index >= 15 is 0 Å². The molecule has 1 amide bonds. The largest absolute Gasteiger partial charge is 0.452 e. The predicted molar refractivity (Wildman–Crippen MR) is 119 cm³/mol. The van der Waals surface area contributed by atoms with Crippen molar-refractivity contribution in [2.24, 2.45) is 0 Å². The highest BCUT2D eigenvalue weighted by Crippen LogP contribution is 2.27. The number of hydrogen-bond donors (Lipinski definition) is 1. The van der Waals surface area contributed by atoms with Crippen molar-refractivity contribution in [1.82, 2.24) is 9.78 Å². The van der Waals surface area contributed by atoms with Crippen LogP contribution in [0.15, 0.2) is 42.5 Å². The summed E-state index contributed by atoms with van der Waals surface area (Å²) in [5.41, 5.74) is 2.48. The maximum atomic E-state index is 12.6. The molecule has 1 heterocycles. The van der Waals surface area contributed by atoms with Crippen molar-refractivity contribution in [3.8, 4) is 0 Å². The van der Waals surface area contributed by atoms with Gasteiger partial charge in [-0.05, 0) is 38.0 Å². The second-order valence-electron chi connectivity index (χ2n) is 7.15. The van der Waals surface area contributed by atoms with Crippen molar-refractivity contribution in [3.63, 3.8) is 0 Å². The number of nitro benzene ring substituents is 1. The van der Waals surface area contributed by atoms with Gasteiger partial charge in [-0.2, -0.15) is 5.10 Å². The fourth-order valence-corrected chi connectivity index (χ4v) is 3.48. The van der Waals surface area contributed by atoms with Gasteiger partial charge in [-0.3, -0.25) is 19.6 Å². The molecular weight excluding hydrogens is 436 g/mol. The van der Waals surface area contributed by atoms with Crippen LogP contribution in [0.3, 0.4) is 0 Å². The van der Waals surface area contributed by atoms with E-state index in [1.165, 1.54) is 12.1 Å². The molecule has 3 aromatic rings. The van der Waals surface area contributed by atoms with Crippen LogP contribution in [0.1, 0.15) is 32.9 Å². The van der Waals surface area contributed by atoms with E-state index < -0.39 is 23.4 Å². The maximum Gasteiger partial charge on any atom is 0.342 e. The normalized spacial score (nSPS) is 10.6. The molecule has 0 aliphatic heterocycles. The third-order valence-corrected chi connectivity index (χ3v) is 5.28. The molecule has 0 bridgehead atoms. The summed E-state index contributed by atoms with van der Waals surface area (Å²) < 4.78 is 6.79. The van der Waals surface area contributed by atoms with Crippen molar-refractivity contribution < 1.29 is 19.2 Å². The zero-order valence-corrected chi connectivity index (χ0v) is 18.5. The Bertz CT molecular complexity index is 1210. The molecular formula is C22H21ClN4O5. The minimum Gasteiger partial charge on any atom is -0.452 e. The number of ether oxygens (including phenoxy) is 1. The van der Waals surface area contributed by atoms with Gasteiger partial charge in [0.05, 0.1) is 22.9 Å². The van der Waals surface area contributed by atoms with Crippen LogP contribution in [-0.2, 0) is 16.1 Å². The molecule has 0 saturated carbocycles. The summed E-state index contributed by atoms with van der Waals surface area (Å²) in [6, 6.07) is 11.8. The van der Waals surface area contributed by atoms with Crippen LogP contribution >= 0.6 is 11.6 Å². The summed E-state index contributed by atoms with van der Waals surface area (Å²) in [5.74, 6) is -1.39. The van der Waals surface area contributed by atoms with E-state index in [-0.39, 0.29) is 16.9 Å². The van der Waals surface area contributed by atoms with E-state index in [0.717, 1.165) is 5.56 Å². The van der Waals surface area contributed by atoms with Gasteiger partial charge in [-0.1, -0.05) is 41.9 Å². The third kappa shape index (κ3) is 4.94. The fraction of sp³-hybridized carbons (Fsp3) is 0.227. The second-order valence-corrected chi connectivity index (χ2v) is 7.55. The van der Waals surface area contributed by atoms with Crippen LogP contribution in [0, 0.1) is 30.9 Å². The summed E-state index contributed by atoms with van der Waals surface area (Å²) in [5, 5.41) is 18.6. The van der Waals surface area contributed by atoms with Gasteiger partial charge in [0, 0.05) is 11.1 Å². The molecule has 10 heteroatoms. The zero-order valence-electron chi connectivity index (χ0n) is 17.7. The molecule has 0 spiro atoms. The smallest absolute Gasteiger partial charge is 0.342 e. The van der Waals surface area contributed by atoms with E-state index in [1.807, 2.05) is 18.2 Å². The van der Waals surface area contributed by atoms with Crippen molar-refractivity contribution in [2.75, 3.05) is 11.9 Å². The molecule has 0 radical (unpaired) electrons. The van der Waals surface area contributed by atoms with E-state index in [2.05, 4.69) is 10.4 Å². The number of hydrogen-bond acceptors (Lipinski definition) is 6. The van der Waals surface area contributed by atoms with Gasteiger partial charge in [0.25, 0.3) is 11.6 Å². The summed E-state index contributed by atoms with van der Waals surface area (Å²) in [6.45, 7) is 4.80. The Kier molecular flexibility index (Phi) is 6.89. The average Bonchev–Trinajstić information content (AvgIpc) is 3.02. The number of anilines is 1. The number of nitrogens with one attached hydrogen (secondary N) is 1. The molecule has 0 atom stereocenters. The monoisotopic (exact) mass is 456 g/mol. The van der Waals surface area contributed by atoms with E-state index in [4.69, 9.17) is 16.3 Å². The minimum absolute atomic E-state index is 0.0680. The van der Waals surface area contributed by atoms with Crippen molar-refractivity contribution in [3.05, 3.63) is 85.7 Å². The number of esters is 1. The minimum atomic E-state index is -0.708. The first-order valence-electron chi connectivity index (χ1n) is 9.67. The number of aromatic nitrogens is 2. The molecule has 3 rings (SSSR count). The quantitative estimate of drug-likeness (QED) is 0.323. The summed E-state index contributed by atoms with van der Waals surface area (Å²) in [6.07, 6.45) is 0. The number of nitro groups is 1. The van der Waals surface area contributed by atoms with Crippen molar-refractivity contribution >= 4 is 34.9 Å². The Balaban J connectivity index is 1.69. The standard InChI is InChI=1S/C22H21ClN4O5/c1-13-7-6-10-18(27(30)31)21(13)24-19(28)12-32-22(29)20-14(2)25-26(15(20)3)11-16-8-4-5-9-17(16)23/h4-10H,11-12H2,1-3H3,(H,24,28). The molecule has 1 N–H and O–H groups in total. The Hall–Kier alpha value is -3.72. The Morgan fingerprint density at radius 3 is 2.56 bits per heavy atom. The van der Waals surface area contributed by atoms with Crippen LogP contribution < -0.4 is 5.32 Å². The number of halogens is 1. The molecule has 0 saturated heterocycles. The lowest BCUT2D eigenvalue weighted by Gasteiger charge is -2.10. The van der Waals surface area contributed by atoms with E-state index in [0.29, 0.717) is 28.5 Å². The zero-order chi connectivity index (χ0) is 23.4. The van der Waals surface area contributed by atoms with Gasteiger partial charge in [0.2, 0.25) is 0 Å². The van der Waals surface area contributed by atoms with Gasteiger partial charge in [-0.15, -0.1) is 0 Å². The lowest BCUT2D eigenvalue weighted by Crippen LogP contribution is -2.22. The number of para-hydroxylation sites is 1. The van der Waals surface area contributed by atoms with Crippen LogP contribution in [-0.4, -0.2) is 33.2 Å². The van der Waals surface area contributed by atoms with Crippen LogP contribution in [0.2, 0.25) is 5.02 Å². The number of rotatable bonds is 7.